The first-order chi connectivity index (χ1) is 8.74. The molecule has 3 nitrogen and oxygen atoms in total. The molecule has 2 heterocycles. The number of aromatic amines is 1. The monoisotopic (exact) mass is 300 g/mol. The van der Waals surface area contributed by atoms with Gasteiger partial charge in [0, 0.05) is 39.4 Å². The Bertz CT molecular complexity index is 766. The van der Waals surface area contributed by atoms with Crippen molar-refractivity contribution in [1.82, 2.24) is 9.97 Å². The molecule has 0 saturated heterocycles. The molecule has 1 N–H and O–H groups in total. The van der Waals surface area contributed by atoms with Crippen molar-refractivity contribution in [3.8, 4) is 11.1 Å². The molecule has 0 saturated carbocycles. The van der Waals surface area contributed by atoms with E-state index in [1.807, 2.05) is 30.3 Å². The third kappa shape index (κ3) is 1.95. The fourth-order valence-electron chi connectivity index (χ4n) is 1.99. The van der Waals surface area contributed by atoms with Crippen LogP contribution in [0.5, 0.6) is 0 Å². The Morgan fingerprint density at radius 2 is 2.06 bits per heavy atom. The van der Waals surface area contributed by atoms with E-state index >= 15 is 0 Å². The Balaban J connectivity index is 2.41. The number of rotatable bonds is 1. The summed E-state index contributed by atoms with van der Waals surface area (Å²) in [6, 6.07) is 11.2. The van der Waals surface area contributed by atoms with Gasteiger partial charge in [0.25, 0.3) is 0 Å². The van der Waals surface area contributed by atoms with Gasteiger partial charge in [-0.3, -0.25) is 9.78 Å². The molecular weight excluding hydrogens is 292 g/mol. The molecule has 18 heavy (non-hydrogen) atoms. The molecule has 0 aliphatic carbocycles. The number of nitrogens with one attached hydrogen (secondary N) is 1. The zero-order valence-electron chi connectivity index (χ0n) is 9.35. The van der Waals surface area contributed by atoms with Crippen LogP contribution in [0.3, 0.4) is 0 Å². The molecule has 0 bridgehead atoms. The van der Waals surface area contributed by atoms with Crippen LogP contribution in [0.2, 0.25) is 0 Å². The minimum absolute atomic E-state index is 0.108. The summed E-state index contributed by atoms with van der Waals surface area (Å²) < 4.78 is 0.979. The van der Waals surface area contributed by atoms with Crippen molar-refractivity contribution in [2.45, 2.75) is 0 Å². The standard InChI is InChI=1S/C14H9BrN2O/c15-10-3-4-13-12(6-10)11(7-14(18)17-13)9-2-1-5-16-8-9/h1-8H,(H,17,18). The maximum absolute atomic E-state index is 11.7. The Morgan fingerprint density at radius 1 is 1.17 bits per heavy atom. The molecule has 0 atom stereocenters. The summed E-state index contributed by atoms with van der Waals surface area (Å²) in [7, 11) is 0. The van der Waals surface area contributed by atoms with Crippen LogP contribution >= 0.6 is 15.9 Å². The number of hydrogen-bond donors (Lipinski definition) is 1. The van der Waals surface area contributed by atoms with Gasteiger partial charge in [0.15, 0.2) is 0 Å². The third-order valence-corrected chi connectivity index (χ3v) is 3.27. The number of benzene rings is 1. The van der Waals surface area contributed by atoms with E-state index in [4.69, 9.17) is 0 Å². The van der Waals surface area contributed by atoms with E-state index < -0.39 is 0 Å². The summed E-state index contributed by atoms with van der Waals surface area (Å²) in [6.45, 7) is 0. The second-order valence-electron chi connectivity index (χ2n) is 3.98. The molecule has 0 radical (unpaired) electrons. The number of halogens is 1. The lowest BCUT2D eigenvalue weighted by Gasteiger charge is -2.06. The summed E-state index contributed by atoms with van der Waals surface area (Å²) in [5, 5.41) is 0.997. The number of nitrogens with zero attached hydrogens (tertiary/aromatic N) is 1. The second kappa shape index (κ2) is 4.38. The average molecular weight is 301 g/mol. The zero-order chi connectivity index (χ0) is 12.5. The van der Waals surface area contributed by atoms with E-state index in [1.165, 1.54) is 0 Å². The minimum Gasteiger partial charge on any atom is -0.322 e. The number of pyridine rings is 2. The maximum atomic E-state index is 11.7. The smallest absolute Gasteiger partial charge is 0.249 e. The summed E-state index contributed by atoms with van der Waals surface area (Å²) in [6.07, 6.45) is 3.48. The number of fused-ring (bicyclic) bond motifs is 1. The van der Waals surface area contributed by atoms with Crippen molar-refractivity contribution in [2.24, 2.45) is 0 Å². The summed E-state index contributed by atoms with van der Waals surface area (Å²) in [4.78, 5) is 18.6. The van der Waals surface area contributed by atoms with Crippen LogP contribution in [0.15, 0.2) is 58.1 Å². The molecule has 0 unspecified atom stereocenters. The number of hydrogen-bond acceptors (Lipinski definition) is 2. The SMILES string of the molecule is O=c1cc(-c2cccnc2)c2cc(Br)ccc2[nH]1. The lowest BCUT2D eigenvalue weighted by molar-refractivity contribution is 1.29. The first-order valence-electron chi connectivity index (χ1n) is 5.47. The van der Waals surface area contributed by atoms with Gasteiger partial charge in [-0.2, -0.15) is 0 Å². The van der Waals surface area contributed by atoms with Crippen LogP contribution in [0.25, 0.3) is 22.0 Å². The van der Waals surface area contributed by atoms with E-state index in [0.29, 0.717) is 0 Å². The fourth-order valence-corrected chi connectivity index (χ4v) is 2.35. The van der Waals surface area contributed by atoms with Gasteiger partial charge in [-0.1, -0.05) is 22.0 Å². The highest BCUT2D eigenvalue weighted by atomic mass is 79.9. The largest absolute Gasteiger partial charge is 0.322 e. The van der Waals surface area contributed by atoms with Gasteiger partial charge in [0.2, 0.25) is 5.56 Å². The quantitative estimate of drug-likeness (QED) is 0.749. The first-order valence-corrected chi connectivity index (χ1v) is 6.26. The Morgan fingerprint density at radius 3 is 2.83 bits per heavy atom. The van der Waals surface area contributed by atoms with E-state index in [0.717, 1.165) is 26.5 Å². The van der Waals surface area contributed by atoms with Crippen molar-refractivity contribution >= 4 is 26.8 Å². The van der Waals surface area contributed by atoms with Crippen molar-refractivity contribution in [3.63, 3.8) is 0 Å². The molecule has 4 heteroatoms. The average Bonchev–Trinajstić information content (AvgIpc) is 2.39. The summed E-state index contributed by atoms with van der Waals surface area (Å²) in [5.74, 6) is 0. The lowest BCUT2D eigenvalue weighted by atomic mass is 10.0. The maximum Gasteiger partial charge on any atom is 0.249 e. The van der Waals surface area contributed by atoms with Crippen LogP contribution in [-0.2, 0) is 0 Å². The zero-order valence-corrected chi connectivity index (χ0v) is 10.9. The normalized spacial score (nSPS) is 10.7. The lowest BCUT2D eigenvalue weighted by Crippen LogP contribution is -2.04. The Hall–Kier alpha value is -1.94. The molecular formula is C14H9BrN2O. The van der Waals surface area contributed by atoms with Crippen LogP contribution < -0.4 is 5.56 Å². The van der Waals surface area contributed by atoms with Crippen LogP contribution in [0.4, 0.5) is 0 Å². The Kier molecular flexibility index (Phi) is 2.72. The molecule has 0 aliphatic rings. The highest BCUT2D eigenvalue weighted by Crippen LogP contribution is 2.27. The van der Waals surface area contributed by atoms with Crippen molar-refractivity contribution < 1.29 is 0 Å². The molecule has 88 valence electrons. The van der Waals surface area contributed by atoms with Crippen molar-refractivity contribution in [2.75, 3.05) is 0 Å². The molecule has 0 fully saturated rings. The van der Waals surface area contributed by atoms with Gasteiger partial charge in [-0.05, 0) is 29.8 Å². The van der Waals surface area contributed by atoms with Crippen LogP contribution in [0, 0.1) is 0 Å². The second-order valence-corrected chi connectivity index (χ2v) is 4.89. The van der Waals surface area contributed by atoms with Gasteiger partial charge in [-0.25, -0.2) is 0 Å². The molecule has 0 aliphatic heterocycles. The number of H-pyrrole nitrogens is 1. The number of aromatic nitrogens is 2. The van der Waals surface area contributed by atoms with E-state index in [2.05, 4.69) is 25.9 Å². The molecule has 3 rings (SSSR count). The highest BCUT2D eigenvalue weighted by Gasteiger charge is 2.06. The van der Waals surface area contributed by atoms with Crippen molar-refractivity contribution in [1.29, 1.82) is 0 Å². The Labute approximate surface area is 112 Å². The van der Waals surface area contributed by atoms with Gasteiger partial charge in [0.05, 0.1) is 0 Å². The predicted molar refractivity (Wildman–Crippen MR) is 75.5 cm³/mol. The van der Waals surface area contributed by atoms with Crippen LogP contribution in [-0.4, -0.2) is 9.97 Å². The molecule has 3 aromatic rings. The van der Waals surface area contributed by atoms with E-state index in [-0.39, 0.29) is 5.56 Å². The van der Waals surface area contributed by atoms with Gasteiger partial charge < -0.3 is 4.98 Å². The molecule has 0 spiro atoms. The van der Waals surface area contributed by atoms with Gasteiger partial charge in [-0.15, -0.1) is 0 Å². The topological polar surface area (TPSA) is 45.8 Å². The minimum atomic E-state index is -0.108. The summed E-state index contributed by atoms with van der Waals surface area (Å²) in [5.41, 5.74) is 2.54. The molecule has 0 amide bonds. The first kappa shape index (κ1) is 11.2. The van der Waals surface area contributed by atoms with Gasteiger partial charge in [0.1, 0.15) is 0 Å². The molecule has 2 aromatic heterocycles. The predicted octanol–water partition coefficient (Wildman–Crippen LogP) is 3.35. The van der Waals surface area contributed by atoms with E-state index in [9.17, 15) is 4.79 Å². The summed E-state index contributed by atoms with van der Waals surface area (Å²) >= 11 is 3.45. The van der Waals surface area contributed by atoms with Crippen LogP contribution in [0.1, 0.15) is 0 Å². The fraction of sp³-hybridized carbons (Fsp3) is 0. The van der Waals surface area contributed by atoms with Gasteiger partial charge >= 0.3 is 0 Å². The van der Waals surface area contributed by atoms with E-state index in [1.54, 1.807) is 18.5 Å². The third-order valence-electron chi connectivity index (χ3n) is 2.78. The molecule has 1 aromatic carbocycles. The highest BCUT2D eigenvalue weighted by molar-refractivity contribution is 9.10. The van der Waals surface area contributed by atoms with Crippen molar-refractivity contribution in [3.05, 3.63) is 63.6 Å².